The first-order chi connectivity index (χ1) is 8.85. The second-order valence-electron chi connectivity index (χ2n) is 4.12. The largest absolute Gasteiger partial charge is 0.349 e. The van der Waals surface area contributed by atoms with Crippen molar-refractivity contribution in [3.8, 4) is 12.3 Å². The van der Waals surface area contributed by atoms with Crippen LogP contribution in [0.5, 0.6) is 0 Å². The molecule has 0 amide bonds. The van der Waals surface area contributed by atoms with Crippen LogP contribution in [0, 0.1) is 12.3 Å². The Morgan fingerprint density at radius 1 is 1.44 bits per heavy atom. The Bertz CT molecular complexity index is 467. The summed E-state index contributed by atoms with van der Waals surface area (Å²) < 4.78 is 2.19. The maximum atomic E-state index is 5.19. The highest BCUT2D eigenvalue weighted by Crippen LogP contribution is 2.13. The Kier molecular flexibility index (Phi) is 4.18. The summed E-state index contributed by atoms with van der Waals surface area (Å²) in [5.74, 6) is 5.23. The SMILES string of the molecule is C#CCNC(=NC)NCc1nnc2n1CCCC2. The highest BCUT2D eigenvalue weighted by Gasteiger charge is 2.15. The van der Waals surface area contributed by atoms with Gasteiger partial charge in [-0.05, 0) is 12.8 Å². The zero-order valence-corrected chi connectivity index (χ0v) is 10.6. The molecule has 2 heterocycles. The van der Waals surface area contributed by atoms with Gasteiger partial charge < -0.3 is 15.2 Å². The van der Waals surface area contributed by atoms with Crippen LogP contribution in [0.1, 0.15) is 24.5 Å². The lowest BCUT2D eigenvalue weighted by Crippen LogP contribution is -2.37. The van der Waals surface area contributed by atoms with Gasteiger partial charge in [-0.2, -0.15) is 0 Å². The van der Waals surface area contributed by atoms with Gasteiger partial charge in [0.1, 0.15) is 5.82 Å². The molecule has 2 N–H and O–H groups in total. The van der Waals surface area contributed by atoms with Crippen LogP contribution in [0.3, 0.4) is 0 Å². The van der Waals surface area contributed by atoms with Crippen molar-refractivity contribution in [3.63, 3.8) is 0 Å². The van der Waals surface area contributed by atoms with Crippen LogP contribution in [-0.2, 0) is 19.5 Å². The Labute approximate surface area is 107 Å². The van der Waals surface area contributed by atoms with E-state index in [2.05, 4.69) is 36.3 Å². The van der Waals surface area contributed by atoms with Crippen LogP contribution in [-0.4, -0.2) is 34.3 Å². The predicted octanol–water partition coefficient (Wildman–Crippen LogP) is -0.0874. The summed E-state index contributed by atoms with van der Waals surface area (Å²) in [4.78, 5) is 4.08. The number of nitrogens with zero attached hydrogens (tertiary/aromatic N) is 4. The zero-order chi connectivity index (χ0) is 12.8. The number of aliphatic imine (C=N–C) groups is 1. The normalized spacial score (nSPS) is 14.8. The first kappa shape index (κ1) is 12.4. The second-order valence-corrected chi connectivity index (χ2v) is 4.12. The fourth-order valence-electron chi connectivity index (χ4n) is 2.02. The minimum Gasteiger partial charge on any atom is -0.349 e. The quantitative estimate of drug-likeness (QED) is 0.444. The molecule has 6 nitrogen and oxygen atoms in total. The molecule has 0 bridgehead atoms. The van der Waals surface area contributed by atoms with Gasteiger partial charge in [0.2, 0.25) is 0 Å². The van der Waals surface area contributed by atoms with Gasteiger partial charge >= 0.3 is 0 Å². The van der Waals surface area contributed by atoms with E-state index in [4.69, 9.17) is 6.42 Å². The molecular formula is C12H18N6. The van der Waals surface area contributed by atoms with Crippen LogP contribution in [0.4, 0.5) is 0 Å². The van der Waals surface area contributed by atoms with E-state index in [-0.39, 0.29) is 0 Å². The van der Waals surface area contributed by atoms with Crippen LogP contribution in [0.2, 0.25) is 0 Å². The third kappa shape index (κ3) is 2.80. The molecule has 0 unspecified atom stereocenters. The van der Waals surface area contributed by atoms with E-state index >= 15 is 0 Å². The van der Waals surface area contributed by atoms with Gasteiger partial charge in [-0.25, -0.2) is 0 Å². The molecule has 1 aromatic rings. The Balaban J connectivity index is 1.94. The molecule has 18 heavy (non-hydrogen) atoms. The summed E-state index contributed by atoms with van der Waals surface area (Å²) in [7, 11) is 1.71. The first-order valence-electron chi connectivity index (χ1n) is 6.14. The molecule has 0 spiro atoms. The standard InChI is InChI=1S/C12H18N6/c1-3-7-14-12(13-2)15-9-11-17-16-10-6-4-5-8-18(10)11/h1H,4-9H2,2H3,(H2,13,14,15). The fourth-order valence-corrected chi connectivity index (χ4v) is 2.02. The molecule has 0 fully saturated rings. The van der Waals surface area contributed by atoms with Gasteiger partial charge in [-0.1, -0.05) is 5.92 Å². The van der Waals surface area contributed by atoms with Crippen molar-refractivity contribution in [2.75, 3.05) is 13.6 Å². The van der Waals surface area contributed by atoms with Gasteiger partial charge in [-0.3, -0.25) is 4.99 Å². The second kappa shape index (κ2) is 6.05. The monoisotopic (exact) mass is 246 g/mol. The van der Waals surface area contributed by atoms with E-state index in [0.29, 0.717) is 19.0 Å². The van der Waals surface area contributed by atoms with Crippen molar-refractivity contribution in [2.24, 2.45) is 4.99 Å². The summed E-state index contributed by atoms with van der Waals surface area (Å²) in [6.07, 6.45) is 8.62. The van der Waals surface area contributed by atoms with Crippen molar-refractivity contribution in [1.29, 1.82) is 0 Å². The summed E-state index contributed by atoms with van der Waals surface area (Å²) in [6, 6.07) is 0. The molecule has 2 rings (SSSR count). The van der Waals surface area contributed by atoms with Crippen molar-refractivity contribution >= 4 is 5.96 Å². The number of hydrogen-bond acceptors (Lipinski definition) is 3. The maximum absolute atomic E-state index is 5.19. The Hall–Kier alpha value is -2.03. The number of hydrogen-bond donors (Lipinski definition) is 2. The summed E-state index contributed by atoms with van der Waals surface area (Å²) >= 11 is 0. The highest BCUT2D eigenvalue weighted by atomic mass is 15.3. The van der Waals surface area contributed by atoms with E-state index in [1.54, 1.807) is 7.05 Å². The molecular weight excluding hydrogens is 228 g/mol. The van der Waals surface area contributed by atoms with Crippen LogP contribution in [0.25, 0.3) is 0 Å². The van der Waals surface area contributed by atoms with Gasteiger partial charge in [0.25, 0.3) is 0 Å². The van der Waals surface area contributed by atoms with Gasteiger partial charge in [0.05, 0.1) is 13.1 Å². The summed E-state index contributed by atoms with van der Waals surface area (Å²) in [5.41, 5.74) is 0. The average Bonchev–Trinajstić information content (AvgIpc) is 2.82. The molecule has 0 aliphatic carbocycles. The zero-order valence-electron chi connectivity index (χ0n) is 10.6. The van der Waals surface area contributed by atoms with Crippen LogP contribution >= 0.6 is 0 Å². The lowest BCUT2D eigenvalue weighted by Gasteiger charge is -2.15. The van der Waals surface area contributed by atoms with Gasteiger partial charge in [0, 0.05) is 20.0 Å². The van der Waals surface area contributed by atoms with E-state index in [1.165, 1.54) is 12.8 Å². The fraction of sp³-hybridized carbons (Fsp3) is 0.583. The number of terminal acetylenes is 1. The summed E-state index contributed by atoms with van der Waals surface area (Å²) in [5, 5.41) is 14.6. The Morgan fingerprint density at radius 2 is 2.33 bits per heavy atom. The molecule has 0 atom stereocenters. The molecule has 1 aliphatic heterocycles. The minimum absolute atomic E-state index is 0.456. The lowest BCUT2D eigenvalue weighted by molar-refractivity contribution is 0.504. The number of fused-ring (bicyclic) bond motifs is 1. The third-order valence-corrected chi connectivity index (χ3v) is 2.93. The van der Waals surface area contributed by atoms with Crippen LogP contribution in [0.15, 0.2) is 4.99 Å². The number of aryl methyl sites for hydroxylation is 1. The topological polar surface area (TPSA) is 67.1 Å². The number of rotatable bonds is 3. The highest BCUT2D eigenvalue weighted by molar-refractivity contribution is 5.79. The van der Waals surface area contributed by atoms with Gasteiger partial charge in [0.15, 0.2) is 11.8 Å². The molecule has 1 aromatic heterocycles. The molecule has 1 aliphatic rings. The maximum Gasteiger partial charge on any atom is 0.192 e. The third-order valence-electron chi connectivity index (χ3n) is 2.93. The molecule has 6 heteroatoms. The van der Waals surface area contributed by atoms with Crippen molar-refractivity contribution in [1.82, 2.24) is 25.4 Å². The van der Waals surface area contributed by atoms with Gasteiger partial charge in [-0.15, -0.1) is 16.6 Å². The van der Waals surface area contributed by atoms with E-state index in [1.807, 2.05) is 0 Å². The van der Waals surface area contributed by atoms with Crippen molar-refractivity contribution in [3.05, 3.63) is 11.6 Å². The molecule has 96 valence electrons. The van der Waals surface area contributed by atoms with E-state index in [9.17, 15) is 0 Å². The lowest BCUT2D eigenvalue weighted by atomic mass is 10.2. The van der Waals surface area contributed by atoms with E-state index < -0.39 is 0 Å². The molecule has 0 saturated carbocycles. The minimum atomic E-state index is 0.456. The predicted molar refractivity (Wildman–Crippen MR) is 70.0 cm³/mol. The first-order valence-corrected chi connectivity index (χ1v) is 6.14. The number of aromatic nitrogens is 3. The van der Waals surface area contributed by atoms with Crippen molar-refractivity contribution in [2.45, 2.75) is 32.4 Å². The molecule has 0 saturated heterocycles. The van der Waals surface area contributed by atoms with Crippen molar-refractivity contribution < 1.29 is 0 Å². The number of nitrogens with one attached hydrogen (secondary N) is 2. The average molecular weight is 246 g/mol. The molecule has 0 aromatic carbocycles. The Morgan fingerprint density at radius 3 is 3.11 bits per heavy atom. The summed E-state index contributed by atoms with van der Waals surface area (Å²) in [6.45, 7) is 2.07. The number of guanidine groups is 1. The smallest absolute Gasteiger partial charge is 0.192 e. The van der Waals surface area contributed by atoms with E-state index in [0.717, 1.165) is 24.6 Å². The molecule has 0 radical (unpaired) electrons. The van der Waals surface area contributed by atoms with Crippen LogP contribution < -0.4 is 10.6 Å².